The summed E-state index contributed by atoms with van der Waals surface area (Å²) in [6.07, 6.45) is 6.59. The first kappa shape index (κ1) is 20.2. The van der Waals surface area contributed by atoms with Crippen LogP contribution in [0.2, 0.25) is 0 Å². The molecule has 1 aliphatic heterocycles. The summed E-state index contributed by atoms with van der Waals surface area (Å²) in [6, 6.07) is 14.3. The normalized spacial score (nSPS) is 19.8. The smallest absolute Gasteiger partial charge is 0.321 e. The van der Waals surface area contributed by atoms with E-state index >= 15 is 0 Å². The van der Waals surface area contributed by atoms with Gasteiger partial charge in [0.1, 0.15) is 5.75 Å². The van der Waals surface area contributed by atoms with Crippen molar-refractivity contribution in [2.24, 2.45) is 11.3 Å². The first-order chi connectivity index (χ1) is 15.2. The van der Waals surface area contributed by atoms with Crippen molar-refractivity contribution in [1.29, 1.82) is 0 Å². The van der Waals surface area contributed by atoms with Crippen molar-refractivity contribution in [2.45, 2.75) is 32.4 Å². The van der Waals surface area contributed by atoms with Crippen molar-refractivity contribution < 1.29 is 9.53 Å². The van der Waals surface area contributed by atoms with Crippen molar-refractivity contribution >= 4 is 17.2 Å². The zero-order chi connectivity index (χ0) is 21.1. The van der Waals surface area contributed by atoms with Crippen molar-refractivity contribution in [3.05, 3.63) is 70.7 Å². The summed E-state index contributed by atoms with van der Waals surface area (Å²) in [4.78, 5) is 24.4. The van der Waals surface area contributed by atoms with E-state index in [2.05, 4.69) is 38.4 Å². The zero-order valence-corrected chi connectivity index (χ0v) is 18.2. The average molecular weight is 435 g/mol. The fourth-order valence-corrected chi connectivity index (χ4v) is 5.15. The van der Waals surface area contributed by atoms with Gasteiger partial charge in [-0.2, -0.15) is 0 Å². The molecule has 1 N–H and O–H groups in total. The summed E-state index contributed by atoms with van der Waals surface area (Å²) >= 11 is 1.69. The Kier molecular flexibility index (Phi) is 5.70. The predicted molar refractivity (Wildman–Crippen MR) is 120 cm³/mol. The summed E-state index contributed by atoms with van der Waals surface area (Å²) in [7, 11) is 0. The lowest BCUT2D eigenvalue weighted by Gasteiger charge is -2.32. The molecule has 1 spiro atoms. The van der Waals surface area contributed by atoms with Crippen molar-refractivity contribution in [2.75, 3.05) is 13.1 Å². The Balaban J connectivity index is 1.08. The number of benzene rings is 1. The molecular formula is C24H26N4O2S. The van der Waals surface area contributed by atoms with Gasteiger partial charge in [-0.05, 0) is 73.0 Å². The van der Waals surface area contributed by atoms with Crippen LogP contribution in [0.5, 0.6) is 11.8 Å². The third-order valence-electron chi connectivity index (χ3n) is 6.46. The Morgan fingerprint density at radius 2 is 1.90 bits per heavy atom. The second-order valence-electron chi connectivity index (χ2n) is 8.47. The van der Waals surface area contributed by atoms with E-state index in [1.165, 1.54) is 10.4 Å². The van der Waals surface area contributed by atoms with Crippen molar-refractivity contribution in [3.8, 4) is 11.8 Å². The third kappa shape index (κ3) is 4.78. The van der Waals surface area contributed by atoms with E-state index in [4.69, 9.17) is 4.74 Å². The lowest BCUT2D eigenvalue weighted by atomic mass is 9.90. The molecule has 0 radical (unpaired) electrons. The highest BCUT2D eigenvalue weighted by molar-refractivity contribution is 7.09. The number of carbonyl (C=O) groups is 1. The first-order valence-electron chi connectivity index (χ1n) is 10.8. The molecule has 31 heavy (non-hydrogen) atoms. The Labute approximate surface area is 186 Å². The number of hydrogen-bond donors (Lipinski definition) is 1. The Hall–Kier alpha value is -2.77. The fraction of sp³-hybridized carbons (Fsp3) is 0.375. The van der Waals surface area contributed by atoms with Gasteiger partial charge < -0.3 is 10.1 Å². The molecule has 1 saturated heterocycles. The van der Waals surface area contributed by atoms with E-state index in [0.29, 0.717) is 12.6 Å². The molecule has 160 valence electrons. The first-order valence-corrected chi connectivity index (χ1v) is 11.6. The number of ether oxygens (including phenoxy) is 1. The SMILES string of the molecule is O=C(NCc1cccs1)[C@@H]1CC12CCN(Cc1ccc(Oc3ncccn3)cc1)CC2. The minimum Gasteiger partial charge on any atom is -0.424 e. The molecule has 0 bridgehead atoms. The van der Waals surface area contributed by atoms with Gasteiger partial charge in [0.15, 0.2) is 0 Å². The standard InChI is InChI=1S/C24H26N4O2S/c29-22(27-16-20-3-1-14-31-20)21-15-24(21)8-12-28(13-9-24)17-18-4-6-19(7-5-18)30-23-25-10-2-11-26-23/h1-7,10-11,14,21H,8-9,12-13,15-17H2,(H,27,29)/t21-/m0/s1. The van der Waals surface area contributed by atoms with Gasteiger partial charge in [-0.3, -0.25) is 9.69 Å². The number of rotatable bonds is 7. The van der Waals surface area contributed by atoms with Crippen LogP contribution < -0.4 is 10.1 Å². The van der Waals surface area contributed by atoms with Crippen LogP contribution in [-0.4, -0.2) is 33.9 Å². The number of likely N-dealkylation sites (tertiary alicyclic amines) is 1. The molecule has 1 saturated carbocycles. The predicted octanol–water partition coefficient (Wildman–Crippen LogP) is 4.25. The van der Waals surface area contributed by atoms with Crippen LogP contribution in [0.4, 0.5) is 0 Å². The van der Waals surface area contributed by atoms with Gasteiger partial charge in [0, 0.05) is 29.7 Å². The summed E-state index contributed by atoms with van der Waals surface area (Å²) in [5.74, 6) is 1.17. The maximum atomic E-state index is 12.6. The molecule has 1 aliphatic carbocycles. The van der Waals surface area contributed by atoms with Crippen LogP contribution in [0.25, 0.3) is 0 Å². The minimum absolute atomic E-state index is 0.200. The molecule has 1 aromatic carbocycles. The highest BCUT2D eigenvalue weighted by atomic mass is 32.1. The van der Waals surface area contributed by atoms with Gasteiger partial charge in [-0.1, -0.05) is 18.2 Å². The topological polar surface area (TPSA) is 67.4 Å². The molecule has 6 nitrogen and oxygen atoms in total. The highest BCUT2D eigenvalue weighted by Gasteiger charge is 2.58. The van der Waals surface area contributed by atoms with Crippen LogP contribution in [0.15, 0.2) is 60.2 Å². The lowest BCUT2D eigenvalue weighted by molar-refractivity contribution is -0.123. The summed E-state index contributed by atoms with van der Waals surface area (Å²) in [5, 5.41) is 5.18. The molecule has 1 amide bonds. The van der Waals surface area contributed by atoms with Gasteiger partial charge in [0.25, 0.3) is 0 Å². The average Bonchev–Trinajstić information content (AvgIpc) is 3.24. The van der Waals surface area contributed by atoms with E-state index < -0.39 is 0 Å². The maximum absolute atomic E-state index is 12.6. The maximum Gasteiger partial charge on any atom is 0.321 e. The van der Waals surface area contributed by atoms with Crippen LogP contribution in [0, 0.1) is 11.3 Å². The number of carbonyl (C=O) groups excluding carboxylic acids is 1. The molecule has 3 heterocycles. The van der Waals surface area contributed by atoms with Gasteiger partial charge in [0.2, 0.25) is 5.91 Å². The van der Waals surface area contributed by atoms with E-state index in [1.807, 2.05) is 23.6 Å². The number of nitrogens with zero attached hydrogens (tertiary/aromatic N) is 3. The lowest BCUT2D eigenvalue weighted by Crippen LogP contribution is -2.36. The number of piperidine rings is 1. The van der Waals surface area contributed by atoms with Gasteiger partial charge >= 0.3 is 6.01 Å². The van der Waals surface area contributed by atoms with Crippen molar-refractivity contribution in [1.82, 2.24) is 20.2 Å². The number of nitrogens with one attached hydrogen (secondary N) is 1. The van der Waals surface area contributed by atoms with Crippen molar-refractivity contribution in [3.63, 3.8) is 0 Å². The Bertz CT molecular complexity index is 1000. The number of amides is 1. The van der Waals surface area contributed by atoms with Crippen LogP contribution in [0.3, 0.4) is 0 Å². The number of hydrogen-bond acceptors (Lipinski definition) is 6. The number of aromatic nitrogens is 2. The Morgan fingerprint density at radius 3 is 2.61 bits per heavy atom. The van der Waals surface area contributed by atoms with Gasteiger partial charge in [-0.15, -0.1) is 11.3 Å². The molecule has 5 rings (SSSR count). The second kappa shape index (κ2) is 8.77. The highest BCUT2D eigenvalue weighted by Crippen LogP contribution is 2.59. The third-order valence-corrected chi connectivity index (χ3v) is 7.33. The minimum atomic E-state index is 0.200. The van der Waals surface area contributed by atoms with Gasteiger partial charge in [-0.25, -0.2) is 9.97 Å². The van der Waals surface area contributed by atoms with Gasteiger partial charge in [0.05, 0.1) is 6.54 Å². The molecular weight excluding hydrogens is 408 g/mol. The fourth-order valence-electron chi connectivity index (χ4n) is 4.50. The van der Waals surface area contributed by atoms with Crippen LogP contribution >= 0.6 is 11.3 Å². The molecule has 3 aromatic rings. The molecule has 0 unspecified atom stereocenters. The zero-order valence-electron chi connectivity index (χ0n) is 17.4. The summed E-state index contributed by atoms with van der Waals surface area (Å²) in [6.45, 7) is 3.67. The monoisotopic (exact) mass is 434 g/mol. The molecule has 1 atom stereocenters. The van der Waals surface area contributed by atoms with E-state index in [1.54, 1.807) is 29.8 Å². The molecule has 2 fully saturated rings. The van der Waals surface area contributed by atoms with E-state index in [-0.39, 0.29) is 17.2 Å². The van der Waals surface area contributed by atoms with Crippen LogP contribution in [-0.2, 0) is 17.9 Å². The Morgan fingerprint density at radius 1 is 1.13 bits per heavy atom. The summed E-state index contributed by atoms with van der Waals surface area (Å²) in [5.41, 5.74) is 1.50. The second-order valence-corrected chi connectivity index (χ2v) is 9.50. The molecule has 2 aliphatic rings. The van der Waals surface area contributed by atoms with E-state index in [0.717, 1.165) is 44.6 Å². The largest absolute Gasteiger partial charge is 0.424 e. The van der Waals surface area contributed by atoms with Crippen LogP contribution in [0.1, 0.15) is 29.7 Å². The quantitative estimate of drug-likeness (QED) is 0.602. The number of thiophene rings is 1. The van der Waals surface area contributed by atoms with E-state index in [9.17, 15) is 4.79 Å². The molecule has 7 heteroatoms. The molecule has 2 aromatic heterocycles. The summed E-state index contributed by atoms with van der Waals surface area (Å²) < 4.78 is 5.66.